The first-order chi connectivity index (χ1) is 42.3. The Labute approximate surface area is 517 Å². The molecular weight excluding hydrogens is 1080 g/mol. The normalized spacial score (nSPS) is 20.3. The van der Waals surface area contributed by atoms with Gasteiger partial charge in [0.25, 0.3) is 11.1 Å². The molecule has 0 saturated carbocycles. The van der Waals surface area contributed by atoms with Crippen LogP contribution >= 0.6 is 0 Å². The lowest BCUT2D eigenvalue weighted by Gasteiger charge is -2.39. The number of aromatic nitrogens is 4. The Morgan fingerprint density at radius 2 is 0.954 bits per heavy atom. The second-order valence-corrected chi connectivity index (χ2v) is 24.9. The van der Waals surface area contributed by atoms with Crippen molar-refractivity contribution in [2.75, 3.05) is 37.2 Å². The van der Waals surface area contributed by atoms with Crippen molar-refractivity contribution in [1.82, 2.24) is 33.8 Å². The number of nitrogens with one attached hydrogen (secondary N) is 1. The number of anilines is 2. The van der Waals surface area contributed by atoms with Crippen molar-refractivity contribution < 1.29 is 5.21 Å². The molecule has 15 nitrogen and oxygen atoms in total. The van der Waals surface area contributed by atoms with E-state index in [1.807, 2.05) is 94.1 Å². The van der Waals surface area contributed by atoms with Crippen molar-refractivity contribution in [1.29, 1.82) is 5.26 Å². The summed E-state index contributed by atoms with van der Waals surface area (Å²) in [5, 5.41) is 24.8. The van der Waals surface area contributed by atoms with Crippen LogP contribution in [0.1, 0.15) is 168 Å². The minimum Gasteiger partial charge on any atom is -0.409 e. The number of benzene rings is 5. The van der Waals surface area contributed by atoms with Gasteiger partial charge in [-0.1, -0.05) is 110 Å². The second kappa shape index (κ2) is 33.1. The summed E-state index contributed by atoms with van der Waals surface area (Å²) in [6, 6.07) is 44.2. The number of piperidine rings is 3. The van der Waals surface area contributed by atoms with Crippen molar-refractivity contribution in [3.05, 3.63) is 153 Å². The molecule has 0 aliphatic carbocycles. The molecule has 0 amide bonds. The third kappa shape index (κ3) is 17.9. The van der Waals surface area contributed by atoms with Crippen LogP contribution in [0.15, 0.2) is 136 Å². The summed E-state index contributed by atoms with van der Waals surface area (Å²) in [6.45, 7) is 20.0. The fourth-order valence-electron chi connectivity index (χ4n) is 13.5. The Morgan fingerprint density at radius 3 is 1.41 bits per heavy atom. The summed E-state index contributed by atoms with van der Waals surface area (Å²) in [5.74, 6) is 0.000284. The maximum atomic E-state index is 13.5. The zero-order chi connectivity index (χ0) is 61.7. The maximum absolute atomic E-state index is 13.5. The molecule has 10 rings (SSSR count). The number of amidine groups is 1. The van der Waals surface area contributed by atoms with Gasteiger partial charge in [-0.2, -0.15) is 5.26 Å². The summed E-state index contributed by atoms with van der Waals surface area (Å²) in [4.78, 5) is 44.2. The first-order valence-corrected chi connectivity index (χ1v) is 32.7. The minimum absolute atomic E-state index is 0.000284. The highest BCUT2D eigenvalue weighted by molar-refractivity contribution is 5.98. The molecule has 0 unspecified atom stereocenters. The van der Waals surface area contributed by atoms with Crippen LogP contribution in [0.3, 0.4) is 0 Å². The van der Waals surface area contributed by atoms with Crippen molar-refractivity contribution in [2.24, 2.45) is 10.9 Å². The maximum Gasteiger partial charge on any atom is 0.277 e. The molecule has 3 saturated heterocycles. The van der Waals surface area contributed by atoms with E-state index in [1.165, 1.54) is 83.6 Å². The van der Waals surface area contributed by atoms with Crippen LogP contribution in [0.25, 0.3) is 44.6 Å². The fraction of sp³-hybridized carbons (Fsp3) is 0.500. The Kier molecular flexibility index (Phi) is 25.0. The topological polar surface area (TPSA) is 200 Å². The van der Waals surface area contributed by atoms with Gasteiger partial charge in [0, 0.05) is 72.6 Å². The molecule has 6 N–H and O–H groups in total. The highest BCUT2D eigenvalue weighted by Crippen LogP contribution is 2.27. The van der Waals surface area contributed by atoms with Crippen molar-refractivity contribution in [3.63, 3.8) is 0 Å². The molecular formula is C72H98N12O3. The summed E-state index contributed by atoms with van der Waals surface area (Å²) in [7, 11) is 0. The lowest BCUT2D eigenvalue weighted by atomic mass is 9.97. The van der Waals surface area contributed by atoms with E-state index in [4.69, 9.17) is 16.7 Å². The number of para-hydroxylation sites is 6. The summed E-state index contributed by atoms with van der Waals surface area (Å²) in [5.41, 5.74) is 19.9. The third-order valence-electron chi connectivity index (χ3n) is 18.6. The van der Waals surface area contributed by atoms with Gasteiger partial charge in [0.1, 0.15) is 11.4 Å². The lowest BCUT2D eigenvalue weighted by molar-refractivity contribution is 0.101. The molecule has 87 heavy (non-hydrogen) atoms. The molecule has 5 aromatic carbocycles. The minimum atomic E-state index is -0.117. The number of nitrogens with zero attached hydrogens (tertiary/aromatic N) is 9. The van der Waals surface area contributed by atoms with Gasteiger partial charge in [0.15, 0.2) is 5.84 Å². The third-order valence-corrected chi connectivity index (χ3v) is 18.6. The monoisotopic (exact) mass is 1180 g/mol. The van der Waals surface area contributed by atoms with E-state index in [0.717, 1.165) is 104 Å². The molecule has 464 valence electrons. The van der Waals surface area contributed by atoms with Crippen LogP contribution in [0.5, 0.6) is 0 Å². The van der Waals surface area contributed by atoms with E-state index in [2.05, 4.69) is 82.8 Å². The molecule has 7 aromatic rings. The molecule has 3 aliphatic heterocycles. The number of rotatable bonds is 22. The summed E-state index contributed by atoms with van der Waals surface area (Å²) in [6.07, 6.45) is 22.2. The lowest BCUT2D eigenvalue weighted by Crippen LogP contribution is -2.44. The number of hydrogen-bond acceptors (Lipinski definition) is 12. The van der Waals surface area contributed by atoms with Gasteiger partial charge in [-0.25, -0.2) is 9.97 Å². The molecule has 5 heterocycles. The van der Waals surface area contributed by atoms with Gasteiger partial charge in [0.2, 0.25) is 0 Å². The smallest absolute Gasteiger partial charge is 0.277 e. The highest BCUT2D eigenvalue weighted by Gasteiger charge is 2.26. The van der Waals surface area contributed by atoms with Gasteiger partial charge in [-0.15, -0.1) is 0 Å². The molecule has 2 aromatic heterocycles. The van der Waals surface area contributed by atoms with Gasteiger partial charge in [0.05, 0.1) is 45.1 Å². The first-order valence-electron chi connectivity index (χ1n) is 32.7. The first kappa shape index (κ1) is 65.6. The van der Waals surface area contributed by atoms with Crippen LogP contribution in [-0.4, -0.2) is 107 Å². The average molecular weight is 1180 g/mol. The number of nitrogens with two attached hydrogens (primary N) is 2. The molecule has 15 heteroatoms. The Morgan fingerprint density at radius 1 is 0.540 bits per heavy atom. The van der Waals surface area contributed by atoms with Crippen LogP contribution in [0.4, 0.5) is 11.4 Å². The summed E-state index contributed by atoms with van der Waals surface area (Å²) < 4.78 is 3.71. The number of fused-ring (bicyclic) bond motifs is 2. The molecule has 0 radical (unpaired) electrons. The molecule has 0 bridgehead atoms. The largest absolute Gasteiger partial charge is 0.409 e. The van der Waals surface area contributed by atoms with Crippen LogP contribution < -0.4 is 27.9 Å². The fourth-order valence-corrected chi connectivity index (χ4v) is 13.5. The van der Waals surface area contributed by atoms with Gasteiger partial charge in [-0.05, 0) is 193 Å². The quantitative estimate of drug-likeness (QED) is 0.0125. The standard InChI is InChI=1S/C27H35N5O2.C27H32N4O.C18H31N3/c1-19-10-8-11-20(2)31(19)16-6-3-7-17-32-24-15-5-4-14-23(24)29-25(27(32)33)21-12-9-13-22(18-21)26(28)30-34;1-20-10-8-11-21(2)30(20)16-6-3-7-17-31-25-15-5-4-14-24(25)29-26(27(31)32)23-13-9-12-22(18-23)19-28;1-15-9-8-10-16(2)21(15)14-7-3-6-13-20-18-12-5-4-11-17(18)19/h4-5,9,12-15,18-20,34H,3,6-8,10-11,16-17H2,1-2H3,(H2,28,30);4-5,9,12-15,18,20-21H,3,6-8,10-11,16-17H2,1-2H3;4-5,11-12,15-16,20H,3,6-10,13-14,19H2,1-2H3/t19-,20+;20-,21+;15-,16+. The second-order valence-electron chi connectivity index (χ2n) is 24.9. The van der Waals surface area contributed by atoms with Crippen molar-refractivity contribution in [3.8, 4) is 28.6 Å². The molecule has 6 atom stereocenters. The number of oxime groups is 1. The van der Waals surface area contributed by atoms with E-state index < -0.39 is 0 Å². The van der Waals surface area contributed by atoms with Gasteiger partial charge in [-0.3, -0.25) is 24.3 Å². The molecule has 0 spiro atoms. The average Bonchev–Trinajstić information content (AvgIpc) is 1.92. The number of unbranched alkanes of at least 4 members (excludes halogenated alkanes) is 6. The Bertz CT molecular complexity index is 3470. The van der Waals surface area contributed by atoms with E-state index in [1.54, 1.807) is 36.4 Å². The predicted octanol–water partition coefficient (Wildman–Crippen LogP) is 14.1. The highest BCUT2D eigenvalue weighted by atomic mass is 16.4. The van der Waals surface area contributed by atoms with E-state index in [0.29, 0.717) is 70.9 Å². The summed E-state index contributed by atoms with van der Waals surface area (Å²) >= 11 is 0. The van der Waals surface area contributed by atoms with E-state index in [9.17, 15) is 14.9 Å². The Balaban J connectivity index is 0.000000174. The van der Waals surface area contributed by atoms with Crippen LogP contribution in [0, 0.1) is 11.3 Å². The molecule has 3 fully saturated rings. The van der Waals surface area contributed by atoms with Crippen LogP contribution in [0.2, 0.25) is 0 Å². The number of nitriles is 1. The number of nitrogen functional groups attached to an aromatic ring is 1. The predicted molar refractivity (Wildman–Crippen MR) is 359 cm³/mol. The van der Waals surface area contributed by atoms with E-state index >= 15 is 0 Å². The zero-order valence-corrected chi connectivity index (χ0v) is 52.9. The Hall–Kier alpha value is -7.38. The van der Waals surface area contributed by atoms with Crippen molar-refractivity contribution in [2.45, 2.75) is 206 Å². The van der Waals surface area contributed by atoms with Crippen LogP contribution in [-0.2, 0) is 13.1 Å². The van der Waals surface area contributed by atoms with E-state index in [-0.39, 0.29) is 17.0 Å². The number of hydrogen-bond donors (Lipinski definition) is 4. The van der Waals surface area contributed by atoms with Gasteiger partial charge >= 0.3 is 0 Å². The number of aryl methyl sites for hydroxylation is 2. The number of likely N-dealkylation sites (tertiary alicyclic amines) is 3. The molecule has 3 aliphatic rings. The SMILES string of the molecule is C[C@@H]1CCC[C@H](C)N1CCCCCNc1ccccc1N.C[C@@H]1CCC[C@H](C)N1CCCCCn1c(=O)c(-c2cccc(C#N)c2)nc2ccccc21.C[C@@H]1CCC[C@H](C)N1CCCCCn1c(=O)c(-c2cccc(C(N)=NO)c2)nc2ccccc21. The van der Waals surface area contributed by atoms with Gasteiger partial charge < -0.3 is 31.1 Å². The van der Waals surface area contributed by atoms with Crippen molar-refractivity contribution >= 4 is 39.3 Å². The zero-order valence-electron chi connectivity index (χ0n) is 52.9.